The van der Waals surface area contributed by atoms with Crippen LogP contribution >= 0.6 is 0 Å². The minimum atomic E-state index is -0.926. The van der Waals surface area contributed by atoms with Crippen molar-refractivity contribution in [3.8, 4) is 0 Å². The molecule has 2 amide bonds. The molecule has 1 unspecified atom stereocenters. The molecule has 2 fully saturated rings. The zero-order valence-corrected chi connectivity index (χ0v) is 20.6. The highest BCUT2D eigenvalue weighted by molar-refractivity contribution is 5.79. The Morgan fingerprint density at radius 3 is 2.38 bits per heavy atom. The third kappa shape index (κ3) is 6.10. The third-order valence-electron chi connectivity index (χ3n) is 6.41. The summed E-state index contributed by atoms with van der Waals surface area (Å²) in [6.07, 6.45) is 2.18. The van der Waals surface area contributed by atoms with E-state index in [1.54, 1.807) is 9.80 Å². The number of likely N-dealkylation sites (tertiary alicyclic amines) is 1. The molecule has 1 aromatic rings. The summed E-state index contributed by atoms with van der Waals surface area (Å²) in [4.78, 5) is 41.8. The van der Waals surface area contributed by atoms with Crippen molar-refractivity contribution < 1.29 is 28.6 Å². The summed E-state index contributed by atoms with van der Waals surface area (Å²) in [6, 6.07) is 9.95. The molecule has 8 nitrogen and oxygen atoms in total. The summed E-state index contributed by atoms with van der Waals surface area (Å²) >= 11 is 0. The second kappa shape index (κ2) is 10.5. The van der Waals surface area contributed by atoms with Gasteiger partial charge in [-0.25, -0.2) is 9.59 Å². The van der Waals surface area contributed by atoms with Gasteiger partial charge in [-0.15, -0.1) is 0 Å². The van der Waals surface area contributed by atoms with Gasteiger partial charge in [-0.05, 0) is 45.6 Å². The Balaban J connectivity index is 1.77. The molecule has 1 aromatic carbocycles. The first kappa shape index (κ1) is 25.6. The van der Waals surface area contributed by atoms with Gasteiger partial charge in [0.05, 0.1) is 12.5 Å². The van der Waals surface area contributed by atoms with Gasteiger partial charge in [-0.2, -0.15) is 0 Å². The Morgan fingerprint density at radius 2 is 1.82 bits per heavy atom. The monoisotopic (exact) mass is 472 g/mol. The number of amides is 2. The third-order valence-corrected chi connectivity index (χ3v) is 6.41. The van der Waals surface area contributed by atoms with E-state index in [9.17, 15) is 14.4 Å². The molecule has 0 radical (unpaired) electrons. The van der Waals surface area contributed by atoms with Gasteiger partial charge in [0.15, 0.2) is 0 Å². The number of piperidine rings is 1. The number of hydrogen-bond acceptors (Lipinski definition) is 6. The smallest absolute Gasteiger partial charge is 0.410 e. The average molecular weight is 473 g/mol. The number of rotatable bonds is 7. The van der Waals surface area contributed by atoms with Crippen molar-refractivity contribution in [1.29, 1.82) is 0 Å². The Labute approximate surface area is 201 Å². The lowest BCUT2D eigenvalue weighted by atomic mass is 9.77. The standard InChI is InChI=1S/C26H36N2O6/c1-6-16-33-24(31)28(21-17-20(21)19-10-8-7-9-11-19)18-26(22(29)32-5)12-14-27(15-13-26)23(30)34-25(2,3)4/h6-11,20-21H,1,12-18H2,2-5H3/t20?,21-/m1/s1. The molecule has 1 heterocycles. The molecule has 186 valence electrons. The molecule has 1 aliphatic heterocycles. The molecule has 0 aromatic heterocycles. The molecular weight excluding hydrogens is 436 g/mol. The average Bonchev–Trinajstić information content (AvgIpc) is 3.61. The fraction of sp³-hybridized carbons (Fsp3) is 0.577. The summed E-state index contributed by atoms with van der Waals surface area (Å²) in [5.41, 5.74) is -0.372. The maximum atomic E-state index is 13.0. The Kier molecular flexibility index (Phi) is 7.89. The molecule has 1 saturated carbocycles. The predicted molar refractivity (Wildman–Crippen MR) is 127 cm³/mol. The number of carbonyl (C=O) groups excluding carboxylic acids is 3. The number of ether oxygens (including phenoxy) is 3. The molecule has 0 bridgehead atoms. The number of nitrogens with zero attached hydrogens (tertiary/aromatic N) is 2. The van der Waals surface area contributed by atoms with E-state index in [1.165, 1.54) is 13.2 Å². The minimum absolute atomic E-state index is 0.0647. The fourth-order valence-electron chi connectivity index (χ4n) is 4.53. The highest BCUT2D eigenvalue weighted by Gasteiger charge is 2.52. The van der Waals surface area contributed by atoms with Crippen LogP contribution in [0.4, 0.5) is 9.59 Å². The summed E-state index contributed by atoms with van der Waals surface area (Å²) in [7, 11) is 1.36. The Hall–Kier alpha value is -3.03. The van der Waals surface area contributed by atoms with Crippen molar-refractivity contribution in [3.05, 3.63) is 48.6 Å². The molecule has 2 aliphatic rings. The van der Waals surface area contributed by atoms with Crippen molar-refractivity contribution in [3.63, 3.8) is 0 Å². The Morgan fingerprint density at radius 1 is 1.18 bits per heavy atom. The van der Waals surface area contributed by atoms with Crippen molar-refractivity contribution in [2.75, 3.05) is 33.4 Å². The largest absolute Gasteiger partial charge is 0.469 e. The van der Waals surface area contributed by atoms with Gasteiger partial charge in [0.25, 0.3) is 0 Å². The van der Waals surface area contributed by atoms with Gasteiger partial charge in [0.2, 0.25) is 0 Å². The van der Waals surface area contributed by atoms with Gasteiger partial charge < -0.3 is 24.0 Å². The van der Waals surface area contributed by atoms with Crippen molar-refractivity contribution in [2.24, 2.45) is 5.41 Å². The topological polar surface area (TPSA) is 85.4 Å². The van der Waals surface area contributed by atoms with Crippen LogP contribution in [-0.2, 0) is 19.0 Å². The molecule has 3 rings (SSSR count). The lowest BCUT2D eigenvalue weighted by molar-refractivity contribution is -0.157. The molecule has 0 spiro atoms. The molecular formula is C26H36N2O6. The molecule has 8 heteroatoms. The molecule has 1 aliphatic carbocycles. The van der Waals surface area contributed by atoms with Gasteiger partial charge in [-0.3, -0.25) is 4.79 Å². The van der Waals surface area contributed by atoms with Crippen molar-refractivity contribution in [2.45, 2.75) is 57.6 Å². The van der Waals surface area contributed by atoms with Crippen LogP contribution in [0.15, 0.2) is 43.0 Å². The number of carbonyl (C=O) groups is 3. The molecule has 0 N–H and O–H groups in total. The van der Waals surface area contributed by atoms with E-state index in [0.29, 0.717) is 25.9 Å². The van der Waals surface area contributed by atoms with Gasteiger partial charge >= 0.3 is 18.2 Å². The number of methoxy groups -OCH3 is 1. The summed E-state index contributed by atoms with van der Waals surface area (Å²) in [5, 5.41) is 0. The van der Waals surface area contributed by atoms with Gasteiger partial charge in [0, 0.05) is 31.6 Å². The second-order valence-corrected chi connectivity index (χ2v) is 10.1. The summed E-state index contributed by atoms with van der Waals surface area (Å²) in [6.45, 7) is 10.0. The van der Waals surface area contributed by atoms with E-state index in [-0.39, 0.29) is 31.1 Å². The lowest BCUT2D eigenvalue weighted by Crippen LogP contribution is -2.54. The van der Waals surface area contributed by atoms with Crippen LogP contribution in [0.1, 0.15) is 51.5 Å². The first-order chi connectivity index (χ1) is 16.1. The van der Waals surface area contributed by atoms with Crippen LogP contribution in [-0.4, -0.2) is 72.9 Å². The van der Waals surface area contributed by atoms with Crippen LogP contribution in [0.5, 0.6) is 0 Å². The lowest BCUT2D eigenvalue weighted by Gasteiger charge is -2.42. The fourth-order valence-corrected chi connectivity index (χ4v) is 4.53. The first-order valence-electron chi connectivity index (χ1n) is 11.8. The maximum absolute atomic E-state index is 13.0. The van der Waals surface area contributed by atoms with Gasteiger partial charge in [0.1, 0.15) is 12.2 Å². The van der Waals surface area contributed by atoms with Crippen molar-refractivity contribution >= 4 is 18.2 Å². The summed E-state index contributed by atoms with van der Waals surface area (Å²) < 4.78 is 16.0. The second-order valence-electron chi connectivity index (χ2n) is 10.1. The zero-order valence-electron chi connectivity index (χ0n) is 20.6. The van der Waals surface area contributed by atoms with Crippen LogP contribution in [0.3, 0.4) is 0 Å². The van der Waals surface area contributed by atoms with Crippen LogP contribution < -0.4 is 0 Å². The van der Waals surface area contributed by atoms with Crippen LogP contribution in [0.25, 0.3) is 0 Å². The maximum Gasteiger partial charge on any atom is 0.410 e. The SMILES string of the molecule is C=CCOC(=O)N(CC1(C(=O)OC)CCN(C(=O)OC(C)(C)C)CC1)[C@@H]1CC1c1ccccc1. The number of esters is 1. The number of hydrogen-bond donors (Lipinski definition) is 0. The highest BCUT2D eigenvalue weighted by Crippen LogP contribution is 2.47. The van der Waals surface area contributed by atoms with E-state index in [1.807, 2.05) is 51.1 Å². The van der Waals surface area contributed by atoms with Crippen LogP contribution in [0.2, 0.25) is 0 Å². The molecule has 1 saturated heterocycles. The van der Waals surface area contributed by atoms with Gasteiger partial charge in [-0.1, -0.05) is 43.0 Å². The van der Waals surface area contributed by atoms with E-state index >= 15 is 0 Å². The minimum Gasteiger partial charge on any atom is -0.469 e. The van der Waals surface area contributed by atoms with E-state index in [4.69, 9.17) is 14.2 Å². The predicted octanol–water partition coefficient (Wildman–Crippen LogP) is 4.36. The van der Waals surface area contributed by atoms with E-state index in [0.717, 1.165) is 12.0 Å². The van der Waals surface area contributed by atoms with E-state index < -0.39 is 23.2 Å². The first-order valence-corrected chi connectivity index (χ1v) is 11.8. The highest BCUT2D eigenvalue weighted by atomic mass is 16.6. The quantitative estimate of drug-likeness (QED) is 0.333. The normalized spacial score (nSPS) is 21.2. The summed E-state index contributed by atoms with van der Waals surface area (Å²) in [5.74, 6) is -0.191. The van der Waals surface area contributed by atoms with E-state index in [2.05, 4.69) is 6.58 Å². The van der Waals surface area contributed by atoms with Crippen LogP contribution in [0, 0.1) is 5.41 Å². The molecule has 2 atom stereocenters. The zero-order chi connectivity index (χ0) is 24.9. The Bertz CT molecular complexity index is 886. The number of benzene rings is 1. The molecule has 34 heavy (non-hydrogen) atoms. The van der Waals surface area contributed by atoms with Crippen molar-refractivity contribution in [1.82, 2.24) is 9.80 Å².